The highest BCUT2D eigenvalue weighted by molar-refractivity contribution is 7.99. The van der Waals surface area contributed by atoms with Gasteiger partial charge in [0.05, 0.1) is 0 Å². The van der Waals surface area contributed by atoms with Crippen molar-refractivity contribution in [3.05, 3.63) is 29.8 Å². The van der Waals surface area contributed by atoms with Crippen molar-refractivity contribution in [1.29, 1.82) is 0 Å². The summed E-state index contributed by atoms with van der Waals surface area (Å²) in [5.41, 5.74) is 0.921. The van der Waals surface area contributed by atoms with Gasteiger partial charge >= 0.3 is 5.97 Å². The van der Waals surface area contributed by atoms with E-state index in [9.17, 15) is 9.90 Å². The molecular formula is C13H17NO2S2. The zero-order valence-electron chi connectivity index (χ0n) is 10.3. The van der Waals surface area contributed by atoms with Crippen molar-refractivity contribution in [1.82, 2.24) is 4.90 Å². The quantitative estimate of drug-likeness (QED) is 0.860. The topological polar surface area (TPSA) is 40.5 Å². The highest BCUT2D eigenvalue weighted by atomic mass is 32.2. The van der Waals surface area contributed by atoms with E-state index in [1.165, 1.54) is 0 Å². The van der Waals surface area contributed by atoms with Gasteiger partial charge in [0.15, 0.2) is 0 Å². The Bertz CT molecular complexity index is 419. The van der Waals surface area contributed by atoms with Crippen LogP contribution in [-0.2, 0) is 4.79 Å². The molecule has 18 heavy (non-hydrogen) atoms. The van der Waals surface area contributed by atoms with Crippen molar-refractivity contribution in [2.75, 3.05) is 30.9 Å². The van der Waals surface area contributed by atoms with E-state index in [2.05, 4.69) is 4.90 Å². The second kappa shape index (κ2) is 6.50. The molecule has 1 saturated heterocycles. The fraction of sp³-hybridized carbons (Fsp3) is 0.462. The van der Waals surface area contributed by atoms with E-state index in [1.54, 1.807) is 11.8 Å². The van der Waals surface area contributed by atoms with Crippen LogP contribution in [0.4, 0.5) is 0 Å². The van der Waals surface area contributed by atoms with E-state index in [1.807, 2.05) is 42.3 Å². The van der Waals surface area contributed by atoms with Gasteiger partial charge in [0.25, 0.3) is 0 Å². The summed E-state index contributed by atoms with van der Waals surface area (Å²) in [5.74, 6) is 1.29. The summed E-state index contributed by atoms with van der Waals surface area (Å²) in [7, 11) is 0. The maximum Gasteiger partial charge on any atom is 0.325 e. The number of carboxylic acids is 1. The molecule has 1 aromatic rings. The van der Waals surface area contributed by atoms with Crippen LogP contribution in [0.15, 0.2) is 29.2 Å². The Morgan fingerprint density at radius 3 is 2.67 bits per heavy atom. The SMILES string of the molecule is CSc1ccccc1[C@@H](C(=O)O)N1CCSCC1. The van der Waals surface area contributed by atoms with Gasteiger partial charge in [-0.3, -0.25) is 9.69 Å². The Morgan fingerprint density at radius 2 is 2.06 bits per heavy atom. The summed E-state index contributed by atoms with van der Waals surface area (Å²) < 4.78 is 0. The van der Waals surface area contributed by atoms with Crippen LogP contribution in [0.25, 0.3) is 0 Å². The first-order valence-corrected chi connectivity index (χ1v) is 8.29. The molecule has 1 aromatic carbocycles. The Labute approximate surface area is 116 Å². The molecule has 5 heteroatoms. The lowest BCUT2D eigenvalue weighted by Gasteiger charge is -2.32. The summed E-state index contributed by atoms with van der Waals surface area (Å²) >= 11 is 3.50. The van der Waals surface area contributed by atoms with Crippen molar-refractivity contribution in [2.45, 2.75) is 10.9 Å². The molecule has 3 nitrogen and oxygen atoms in total. The molecule has 0 unspecified atom stereocenters. The van der Waals surface area contributed by atoms with E-state index in [0.717, 1.165) is 35.1 Å². The average molecular weight is 283 g/mol. The van der Waals surface area contributed by atoms with Crippen molar-refractivity contribution >= 4 is 29.5 Å². The van der Waals surface area contributed by atoms with Crippen LogP contribution in [0.3, 0.4) is 0 Å². The Morgan fingerprint density at radius 1 is 1.39 bits per heavy atom. The minimum atomic E-state index is -0.747. The highest BCUT2D eigenvalue weighted by Gasteiger charge is 2.30. The van der Waals surface area contributed by atoms with E-state index in [-0.39, 0.29) is 0 Å². The van der Waals surface area contributed by atoms with Gasteiger partial charge < -0.3 is 5.11 Å². The van der Waals surface area contributed by atoms with Crippen LogP contribution in [0.1, 0.15) is 11.6 Å². The highest BCUT2D eigenvalue weighted by Crippen LogP contribution is 2.31. The summed E-state index contributed by atoms with van der Waals surface area (Å²) in [4.78, 5) is 14.7. The molecule has 0 bridgehead atoms. The molecule has 0 spiro atoms. The summed E-state index contributed by atoms with van der Waals surface area (Å²) in [5, 5.41) is 9.54. The van der Waals surface area contributed by atoms with Crippen LogP contribution in [-0.4, -0.2) is 46.8 Å². The molecule has 0 saturated carbocycles. The molecule has 1 fully saturated rings. The number of carbonyl (C=O) groups is 1. The van der Waals surface area contributed by atoms with Crippen molar-refractivity contribution in [3.8, 4) is 0 Å². The van der Waals surface area contributed by atoms with Crippen LogP contribution < -0.4 is 0 Å². The average Bonchev–Trinajstić information content (AvgIpc) is 2.40. The first-order chi connectivity index (χ1) is 8.74. The number of nitrogens with zero attached hydrogens (tertiary/aromatic N) is 1. The third-order valence-electron chi connectivity index (χ3n) is 3.08. The van der Waals surface area contributed by atoms with Crippen LogP contribution in [0.2, 0.25) is 0 Å². The fourth-order valence-electron chi connectivity index (χ4n) is 2.21. The van der Waals surface area contributed by atoms with E-state index < -0.39 is 12.0 Å². The summed E-state index contributed by atoms with van der Waals surface area (Å²) in [6.07, 6.45) is 1.99. The van der Waals surface area contributed by atoms with Gasteiger partial charge in [0.2, 0.25) is 0 Å². The van der Waals surface area contributed by atoms with Gasteiger partial charge in [-0.2, -0.15) is 11.8 Å². The Balaban J connectivity index is 2.31. The molecular weight excluding hydrogens is 266 g/mol. The van der Waals surface area contributed by atoms with Gasteiger partial charge in [-0.25, -0.2) is 0 Å². The minimum absolute atomic E-state index is 0.505. The number of rotatable bonds is 4. The van der Waals surface area contributed by atoms with Crippen molar-refractivity contribution in [3.63, 3.8) is 0 Å². The standard InChI is InChI=1S/C13H17NO2S2/c1-17-11-5-3-2-4-10(11)12(13(15)16)14-6-8-18-9-7-14/h2-5,12H,6-9H2,1H3,(H,15,16)/t12-/m0/s1. The van der Waals surface area contributed by atoms with Crippen LogP contribution in [0, 0.1) is 0 Å². The van der Waals surface area contributed by atoms with Crippen LogP contribution in [0.5, 0.6) is 0 Å². The third kappa shape index (κ3) is 3.02. The summed E-state index contributed by atoms with van der Waals surface area (Å²) in [6.45, 7) is 1.70. The van der Waals surface area contributed by atoms with Gasteiger partial charge in [-0.1, -0.05) is 18.2 Å². The predicted molar refractivity (Wildman–Crippen MR) is 77.5 cm³/mol. The molecule has 0 radical (unpaired) electrons. The third-order valence-corrected chi connectivity index (χ3v) is 4.83. The number of carboxylic acid groups (broad SMARTS) is 1. The maximum absolute atomic E-state index is 11.6. The molecule has 1 aliphatic heterocycles. The van der Waals surface area contributed by atoms with E-state index in [0.29, 0.717) is 0 Å². The molecule has 2 rings (SSSR count). The number of aliphatic carboxylic acids is 1. The zero-order chi connectivity index (χ0) is 13.0. The minimum Gasteiger partial charge on any atom is -0.480 e. The van der Waals surface area contributed by atoms with Gasteiger partial charge in [0, 0.05) is 29.5 Å². The van der Waals surface area contributed by atoms with E-state index in [4.69, 9.17) is 0 Å². The van der Waals surface area contributed by atoms with Crippen molar-refractivity contribution < 1.29 is 9.90 Å². The maximum atomic E-state index is 11.6. The smallest absolute Gasteiger partial charge is 0.325 e. The lowest BCUT2D eigenvalue weighted by Crippen LogP contribution is -2.40. The van der Waals surface area contributed by atoms with E-state index >= 15 is 0 Å². The molecule has 1 N–H and O–H groups in total. The van der Waals surface area contributed by atoms with Gasteiger partial charge in [0.1, 0.15) is 6.04 Å². The normalized spacial score (nSPS) is 18.5. The largest absolute Gasteiger partial charge is 0.480 e. The second-order valence-corrected chi connectivity index (χ2v) is 6.20. The first-order valence-electron chi connectivity index (χ1n) is 5.91. The second-order valence-electron chi connectivity index (χ2n) is 4.13. The molecule has 1 aliphatic rings. The molecule has 1 heterocycles. The molecule has 0 amide bonds. The van der Waals surface area contributed by atoms with Crippen LogP contribution >= 0.6 is 23.5 Å². The Kier molecular flexibility index (Phi) is 4.97. The number of benzene rings is 1. The van der Waals surface area contributed by atoms with Crippen molar-refractivity contribution in [2.24, 2.45) is 0 Å². The summed E-state index contributed by atoms with van der Waals surface area (Å²) in [6, 6.07) is 7.31. The lowest BCUT2D eigenvalue weighted by atomic mass is 10.1. The fourth-order valence-corrected chi connectivity index (χ4v) is 3.78. The molecule has 1 atom stereocenters. The molecule has 0 aliphatic carbocycles. The number of hydrogen-bond donors (Lipinski definition) is 1. The van der Waals surface area contributed by atoms with Gasteiger partial charge in [-0.15, -0.1) is 11.8 Å². The number of thioether (sulfide) groups is 2. The number of hydrogen-bond acceptors (Lipinski definition) is 4. The molecule has 0 aromatic heterocycles. The first kappa shape index (κ1) is 13.8. The molecule has 98 valence electrons. The monoisotopic (exact) mass is 283 g/mol. The van der Waals surface area contributed by atoms with Gasteiger partial charge in [-0.05, 0) is 17.9 Å². The predicted octanol–water partition coefficient (Wildman–Crippen LogP) is 2.58. The lowest BCUT2D eigenvalue weighted by molar-refractivity contribution is -0.143. The Hall–Kier alpha value is -0.650. The zero-order valence-corrected chi connectivity index (χ0v) is 12.0.